The fraction of sp³-hybridized carbons (Fsp3) is 0.368. The molecule has 0 aromatic carbocycles. The summed E-state index contributed by atoms with van der Waals surface area (Å²) in [6.45, 7) is 7.73. The number of nitrogens with zero attached hydrogens (tertiary/aromatic N) is 3. The average molecular weight is 353 g/mol. The Kier molecular flexibility index (Phi) is 4.74. The maximum absolute atomic E-state index is 14.8. The highest BCUT2D eigenvalue weighted by Gasteiger charge is 2.53. The van der Waals surface area contributed by atoms with Crippen LogP contribution in [0.4, 0.5) is 4.39 Å². The first-order valence-electron chi connectivity index (χ1n) is 8.39. The molecule has 1 fully saturated rings. The van der Waals surface area contributed by atoms with Gasteiger partial charge in [0, 0.05) is 6.20 Å². The van der Waals surface area contributed by atoms with E-state index in [2.05, 4.69) is 16.0 Å². The summed E-state index contributed by atoms with van der Waals surface area (Å²) in [6.07, 6.45) is 8.43. The van der Waals surface area contributed by atoms with Crippen molar-refractivity contribution in [1.82, 2.24) is 14.8 Å². The zero-order valence-electron chi connectivity index (χ0n) is 15.4. The molecule has 0 bridgehead atoms. The Hall–Kier alpha value is -2.43. The number of pyridine rings is 1. The van der Waals surface area contributed by atoms with Gasteiger partial charge in [-0.3, -0.25) is 9.67 Å². The molecule has 0 N–H and O–H groups in total. The molecule has 3 rings (SSSR count). The quantitative estimate of drug-likeness (QED) is 0.623. The SMILES string of the molecule is C#CCn1nc(-c2ccccn2)cc1C=C(F)B1OC(C)(C)C(C)(C)O1. The molecule has 2 aromatic heterocycles. The molecule has 0 atom stereocenters. The summed E-state index contributed by atoms with van der Waals surface area (Å²) in [7, 11) is -1.06. The van der Waals surface area contributed by atoms with Crippen LogP contribution in [-0.4, -0.2) is 33.1 Å². The molecule has 0 spiro atoms. The molecule has 3 heterocycles. The predicted octanol–water partition coefficient (Wildman–Crippen LogP) is 3.52. The predicted molar refractivity (Wildman–Crippen MR) is 99.5 cm³/mol. The van der Waals surface area contributed by atoms with Gasteiger partial charge in [-0.05, 0) is 52.0 Å². The van der Waals surface area contributed by atoms with E-state index in [0.717, 1.165) is 0 Å². The average Bonchev–Trinajstić information content (AvgIpc) is 3.07. The maximum atomic E-state index is 14.8. The van der Waals surface area contributed by atoms with Gasteiger partial charge in [-0.1, -0.05) is 12.0 Å². The molecule has 0 unspecified atom stereocenters. The first kappa shape index (κ1) is 18.4. The summed E-state index contributed by atoms with van der Waals surface area (Å²) in [5, 5.41) is 4.43. The topological polar surface area (TPSA) is 49.2 Å². The highest BCUT2D eigenvalue weighted by molar-refractivity contribution is 6.54. The van der Waals surface area contributed by atoms with E-state index in [1.165, 1.54) is 6.08 Å². The second-order valence-electron chi connectivity index (χ2n) is 7.15. The van der Waals surface area contributed by atoms with Crippen molar-refractivity contribution >= 4 is 13.2 Å². The zero-order chi connectivity index (χ0) is 18.9. The third-order valence-corrected chi connectivity index (χ3v) is 4.74. The molecule has 26 heavy (non-hydrogen) atoms. The lowest BCUT2D eigenvalue weighted by Gasteiger charge is -2.32. The number of hydrogen-bond donors (Lipinski definition) is 0. The molecule has 5 nitrogen and oxygen atoms in total. The lowest BCUT2D eigenvalue weighted by molar-refractivity contribution is 0.00578. The molecular weight excluding hydrogens is 332 g/mol. The summed E-state index contributed by atoms with van der Waals surface area (Å²) in [6, 6.07) is 7.26. The van der Waals surface area contributed by atoms with Gasteiger partial charge in [0.1, 0.15) is 18.0 Å². The second-order valence-corrected chi connectivity index (χ2v) is 7.15. The minimum Gasteiger partial charge on any atom is -0.398 e. The molecule has 0 aliphatic carbocycles. The highest BCUT2D eigenvalue weighted by Crippen LogP contribution is 2.39. The number of hydrogen-bond acceptors (Lipinski definition) is 4. The fourth-order valence-electron chi connectivity index (χ4n) is 2.56. The van der Waals surface area contributed by atoms with E-state index in [1.54, 1.807) is 16.9 Å². The van der Waals surface area contributed by atoms with Crippen LogP contribution in [0, 0.1) is 12.3 Å². The van der Waals surface area contributed by atoms with Gasteiger partial charge >= 0.3 is 7.12 Å². The van der Waals surface area contributed by atoms with E-state index in [1.807, 2.05) is 45.9 Å². The molecule has 1 saturated heterocycles. The molecular formula is C19H21BFN3O2. The van der Waals surface area contributed by atoms with Gasteiger partial charge in [0.25, 0.3) is 0 Å². The Labute approximate surface area is 153 Å². The Balaban J connectivity index is 1.92. The molecule has 2 aromatic rings. The largest absolute Gasteiger partial charge is 0.525 e. The van der Waals surface area contributed by atoms with Crippen LogP contribution in [-0.2, 0) is 15.9 Å². The van der Waals surface area contributed by atoms with Crippen molar-refractivity contribution < 1.29 is 13.7 Å². The first-order valence-corrected chi connectivity index (χ1v) is 8.39. The lowest BCUT2D eigenvalue weighted by Crippen LogP contribution is -2.41. The Morgan fingerprint density at radius 3 is 2.54 bits per heavy atom. The van der Waals surface area contributed by atoms with Crippen LogP contribution in [0.3, 0.4) is 0 Å². The van der Waals surface area contributed by atoms with E-state index in [0.29, 0.717) is 17.1 Å². The summed E-state index contributed by atoms with van der Waals surface area (Å²) in [4.78, 5) is 4.27. The summed E-state index contributed by atoms with van der Waals surface area (Å²) >= 11 is 0. The van der Waals surface area contributed by atoms with Crippen molar-refractivity contribution in [3.63, 3.8) is 0 Å². The van der Waals surface area contributed by atoms with Crippen molar-refractivity contribution in [3.05, 3.63) is 41.9 Å². The zero-order valence-corrected chi connectivity index (χ0v) is 15.4. The Morgan fingerprint density at radius 2 is 1.96 bits per heavy atom. The second kappa shape index (κ2) is 6.71. The van der Waals surface area contributed by atoms with Crippen LogP contribution >= 0.6 is 0 Å². The highest BCUT2D eigenvalue weighted by atomic mass is 19.1. The van der Waals surface area contributed by atoms with Crippen LogP contribution in [0.15, 0.2) is 36.2 Å². The van der Waals surface area contributed by atoms with Gasteiger partial charge in [-0.25, -0.2) is 4.39 Å². The van der Waals surface area contributed by atoms with Crippen molar-refractivity contribution in [2.75, 3.05) is 0 Å². The molecule has 0 saturated carbocycles. The van der Waals surface area contributed by atoms with Gasteiger partial charge < -0.3 is 9.31 Å². The van der Waals surface area contributed by atoms with Crippen molar-refractivity contribution in [1.29, 1.82) is 0 Å². The number of halogens is 1. The van der Waals surface area contributed by atoms with Crippen molar-refractivity contribution in [2.45, 2.75) is 45.4 Å². The number of aromatic nitrogens is 3. The number of terminal acetylenes is 1. The van der Waals surface area contributed by atoms with Crippen molar-refractivity contribution in [3.8, 4) is 23.7 Å². The Morgan fingerprint density at radius 1 is 1.27 bits per heavy atom. The third kappa shape index (κ3) is 3.43. The van der Waals surface area contributed by atoms with Crippen LogP contribution in [0.5, 0.6) is 0 Å². The molecule has 134 valence electrons. The third-order valence-electron chi connectivity index (χ3n) is 4.74. The summed E-state index contributed by atoms with van der Waals surface area (Å²) in [5.74, 6) is 2.52. The van der Waals surface area contributed by atoms with E-state index < -0.39 is 24.0 Å². The number of rotatable bonds is 4. The minimum absolute atomic E-state index is 0.218. The Bertz CT molecular complexity index is 853. The monoisotopic (exact) mass is 353 g/mol. The van der Waals surface area contributed by atoms with Crippen LogP contribution in [0.1, 0.15) is 33.4 Å². The molecule has 0 amide bonds. The van der Waals surface area contributed by atoms with E-state index in [9.17, 15) is 4.39 Å². The fourth-order valence-corrected chi connectivity index (χ4v) is 2.56. The standard InChI is InChI=1S/C19H21BFN3O2/c1-6-11-24-14(12-16(23-24)15-9-7-8-10-22-15)13-17(21)20-25-18(2,3)19(4,5)26-20/h1,7-10,12-13H,11H2,2-5H3. The lowest BCUT2D eigenvalue weighted by atomic mass is 9.87. The maximum Gasteiger partial charge on any atom is 0.525 e. The van der Waals surface area contributed by atoms with E-state index in [-0.39, 0.29) is 6.54 Å². The van der Waals surface area contributed by atoms with Crippen LogP contribution in [0.25, 0.3) is 17.5 Å². The van der Waals surface area contributed by atoms with Gasteiger partial charge in [-0.15, -0.1) is 6.42 Å². The van der Waals surface area contributed by atoms with Crippen molar-refractivity contribution in [2.24, 2.45) is 0 Å². The molecule has 1 aliphatic heterocycles. The summed E-state index contributed by atoms with van der Waals surface area (Å²) < 4.78 is 27.8. The van der Waals surface area contributed by atoms with Gasteiger partial charge in [0.2, 0.25) is 0 Å². The van der Waals surface area contributed by atoms with Crippen LogP contribution < -0.4 is 0 Å². The molecule has 7 heteroatoms. The van der Waals surface area contributed by atoms with E-state index in [4.69, 9.17) is 15.7 Å². The minimum atomic E-state index is -1.06. The summed E-state index contributed by atoms with van der Waals surface area (Å²) in [5.41, 5.74) is 0.0789. The van der Waals surface area contributed by atoms with Crippen LogP contribution in [0.2, 0.25) is 0 Å². The first-order chi connectivity index (χ1) is 12.2. The molecule has 0 radical (unpaired) electrons. The van der Waals surface area contributed by atoms with Gasteiger partial charge in [-0.2, -0.15) is 5.10 Å². The van der Waals surface area contributed by atoms with Gasteiger partial charge in [0.15, 0.2) is 0 Å². The molecule has 1 aliphatic rings. The smallest absolute Gasteiger partial charge is 0.398 e. The van der Waals surface area contributed by atoms with E-state index >= 15 is 0 Å². The normalized spacial score (nSPS) is 18.8. The van der Waals surface area contributed by atoms with Gasteiger partial charge in [0.05, 0.1) is 22.6 Å².